The van der Waals surface area contributed by atoms with Crippen LogP contribution in [0.25, 0.3) is 0 Å². The highest BCUT2D eigenvalue weighted by molar-refractivity contribution is 9.10. The first kappa shape index (κ1) is 14.1. The molecule has 102 valence electrons. The van der Waals surface area contributed by atoms with Gasteiger partial charge in [0.2, 0.25) is 0 Å². The summed E-state index contributed by atoms with van der Waals surface area (Å²) in [5.41, 5.74) is 2.93. The molecule has 1 heterocycles. The van der Waals surface area contributed by atoms with Gasteiger partial charge in [-0.2, -0.15) is 5.10 Å². The van der Waals surface area contributed by atoms with E-state index in [9.17, 15) is 4.39 Å². The van der Waals surface area contributed by atoms with Crippen molar-refractivity contribution in [2.24, 2.45) is 0 Å². The zero-order chi connectivity index (χ0) is 14.0. The van der Waals surface area contributed by atoms with E-state index < -0.39 is 0 Å². The Balaban J connectivity index is 2.26. The van der Waals surface area contributed by atoms with Crippen molar-refractivity contribution >= 4 is 21.6 Å². The molecule has 19 heavy (non-hydrogen) atoms. The van der Waals surface area contributed by atoms with E-state index in [0.29, 0.717) is 6.54 Å². The van der Waals surface area contributed by atoms with Crippen LogP contribution in [0.2, 0.25) is 0 Å². The van der Waals surface area contributed by atoms with Crippen LogP contribution < -0.4 is 4.90 Å². The van der Waals surface area contributed by atoms with Crippen LogP contribution >= 0.6 is 15.9 Å². The van der Waals surface area contributed by atoms with Crippen molar-refractivity contribution in [3.63, 3.8) is 0 Å². The van der Waals surface area contributed by atoms with Crippen molar-refractivity contribution in [2.45, 2.75) is 26.9 Å². The van der Waals surface area contributed by atoms with Gasteiger partial charge in [-0.3, -0.25) is 4.68 Å². The first-order valence-corrected chi connectivity index (χ1v) is 7.00. The summed E-state index contributed by atoms with van der Waals surface area (Å²) in [6.07, 6.45) is 0. The fraction of sp³-hybridized carbons (Fsp3) is 0.357. The second kappa shape index (κ2) is 5.74. The molecule has 0 unspecified atom stereocenters. The molecule has 0 N–H and O–H groups in total. The molecule has 0 fully saturated rings. The Hall–Kier alpha value is -1.36. The molecule has 0 aliphatic carbocycles. The average Bonchev–Trinajstić information content (AvgIpc) is 2.66. The molecule has 5 heteroatoms. The standard InChI is InChI=1S/C14H17BrFN3/c1-4-19-13(14(15)10(2)17-19)9-18(3)12-7-5-6-11(16)8-12/h5-8H,4,9H2,1-3H3. The van der Waals surface area contributed by atoms with Gasteiger partial charge in [-0.05, 0) is 48.0 Å². The predicted molar refractivity (Wildman–Crippen MR) is 78.8 cm³/mol. The number of anilines is 1. The Morgan fingerprint density at radius 3 is 2.79 bits per heavy atom. The van der Waals surface area contributed by atoms with Crippen LogP contribution in [0.5, 0.6) is 0 Å². The second-order valence-corrected chi connectivity index (χ2v) is 5.29. The summed E-state index contributed by atoms with van der Waals surface area (Å²) in [6, 6.07) is 6.61. The van der Waals surface area contributed by atoms with Gasteiger partial charge in [-0.25, -0.2) is 4.39 Å². The Morgan fingerprint density at radius 1 is 1.42 bits per heavy atom. The number of halogens is 2. The van der Waals surface area contributed by atoms with Gasteiger partial charge in [0.05, 0.1) is 22.4 Å². The number of nitrogens with zero attached hydrogens (tertiary/aromatic N) is 3. The quantitative estimate of drug-likeness (QED) is 0.853. The van der Waals surface area contributed by atoms with Crippen LogP contribution in [0, 0.1) is 12.7 Å². The highest BCUT2D eigenvalue weighted by Crippen LogP contribution is 2.24. The Kier molecular flexibility index (Phi) is 4.24. The van der Waals surface area contributed by atoms with E-state index in [2.05, 4.69) is 28.0 Å². The summed E-state index contributed by atoms with van der Waals surface area (Å²) in [6.45, 7) is 5.53. The molecule has 0 bridgehead atoms. The largest absolute Gasteiger partial charge is 0.369 e. The van der Waals surface area contributed by atoms with Gasteiger partial charge in [0.1, 0.15) is 5.82 Å². The van der Waals surface area contributed by atoms with E-state index in [-0.39, 0.29) is 5.82 Å². The summed E-state index contributed by atoms with van der Waals surface area (Å²) < 4.78 is 16.2. The Labute approximate surface area is 121 Å². The monoisotopic (exact) mass is 325 g/mol. The molecule has 0 atom stereocenters. The smallest absolute Gasteiger partial charge is 0.125 e. The predicted octanol–water partition coefficient (Wildman–Crippen LogP) is 3.75. The van der Waals surface area contributed by atoms with Crippen molar-refractivity contribution in [1.29, 1.82) is 0 Å². The number of hydrogen-bond donors (Lipinski definition) is 0. The minimum atomic E-state index is -0.219. The molecule has 0 aliphatic heterocycles. The first-order chi connectivity index (χ1) is 9.02. The van der Waals surface area contributed by atoms with Crippen LogP contribution in [-0.4, -0.2) is 16.8 Å². The summed E-state index contributed by atoms with van der Waals surface area (Å²) >= 11 is 3.57. The van der Waals surface area contributed by atoms with Crippen LogP contribution in [0.3, 0.4) is 0 Å². The van der Waals surface area contributed by atoms with E-state index >= 15 is 0 Å². The van der Waals surface area contributed by atoms with Gasteiger partial charge in [-0.1, -0.05) is 6.07 Å². The Morgan fingerprint density at radius 2 is 2.16 bits per heavy atom. The number of benzene rings is 1. The Bertz CT molecular complexity index is 580. The van der Waals surface area contributed by atoms with Crippen LogP contribution in [-0.2, 0) is 13.1 Å². The molecule has 0 saturated heterocycles. The maximum absolute atomic E-state index is 13.2. The van der Waals surface area contributed by atoms with Gasteiger partial charge in [0, 0.05) is 19.3 Å². The molecular formula is C14H17BrFN3. The fourth-order valence-corrected chi connectivity index (χ4v) is 2.46. The zero-order valence-electron chi connectivity index (χ0n) is 11.3. The molecule has 0 aliphatic rings. The van der Waals surface area contributed by atoms with E-state index in [0.717, 1.165) is 28.1 Å². The lowest BCUT2D eigenvalue weighted by Crippen LogP contribution is -2.19. The molecular weight excluding hydrogens is 309 g/mol. The molecule has 1 aromatic heterocycles. The summed E-state index contributed by atoms with van der Waals surface area (Å²) in [4.78, 5) is 2.01. The number of hydrogen-bond acceptors (Lipinski definition) is 2. The molecule has 0 spiro atoms. The van der Waals surface area contributed by atoms with Crippen molar-refractivity contribution in [3.8, 4) is 0 Å². The van der Waals surface area contributed by atoms with E-state index in [1.54, 1.807) is 6.07 Å². The lowest BCUT2D eigenvalue weighted by molar-refractivity contribution is 0.610. The van der Waals surface area contributed by atoms with Gasteiger partial charge in [-0.15, -0.1) is 0 Å². The lowest BCUT2D eigenvalue weighted by atomic mass is 10.2. The lowest BCUT2D eigenvalue weighted by Gasteiger charge is -2.20. The maximum atomic E-state index is 13.2. The zero-order valence-corrected chi connectivity index (χ0v) is 12.9. The van der Waals surface area contributed by atoms with Crippen molar-refractivity contribution in [3.05, 3.63) is 45.9 Å². The maximum Gasteiger partial charge on any atom is 0.125 e. The number of rotatable bonds is 4. The highest BCUT2D eigenvalue weighted by atomic mass is 79.9. The van der Waals surface area contributed by atoms with Crippen molar-refractivity contribution in [1.82, 2.24) is 9.78 Å². The fourth-order valence-electron chi connectivity index (χ4n) is 2.05. The van der Waals surface area contributed by atoms with E-state index in [1.807, 2.05) is 29.6 Å². The minimum absolute atomic E-state index is 0.219. The SMILES string of the molecule is CCn1nc(C)c(Br)c1CN(C)c1cccc(F)c1. The third-order valence-corrected chi connectivity index (χ3v) is 4.12. The summed E-state index contributed by atoms with van der Waals surface area (Å²) in [5, 5.41) is 4.46. The molecule has 2 aromatic rings. The first-order valence-electron chi connectivity index (χ1n) is 6.21. The molecule has 1 aromatic carbocycles. The molecule has 3 nitrogen and oxygen atoms in total. The van der Waals surface area contributed by atoms with Crippen LogP contribution in [0.4, 0.5) is 10.1 Å². The number of aryl methyl sites for hydroxylation is 2. The second-order valence-electron chi connectivity index (χ2n) is 4.50. The normalized spacial score (nSPS) is 10.8. The molecule has 0 saturated carbocycles. The average molecular weight is 326 g/mol. The van der Waals surface area contributed by atoms with Crippen LogP contribution in [0.1, 0.15) is 18.3 Å². The molecule has 0 radical (unpaired) electrons. The highest BCUT2D eigenvalue weighted by Gasteiger charge is 2.14. The number of aromatic nitrogens is 2. The third-order valence-electron chi connectivity index (χ3n) is 3.09. The third kappa shape index (κ3) is 2.97. The van der Waals surface area contributed by atoms with Gasteiger partial charge in [0.15, 0.2) is 0 Å². The summed E-state index contributed by atoms with van der Waals surface area (Å²) in [7, 11) is 1.95. The minimum Gasteiger partial charge on any atom is -0.369 e. The van der Waals surface area contributed by atoms with Gasteiger partial charge >= 0.3 is 0 Å². The summed E-state index contributed by atoms with van der Waals surface area (Å²) in [5.74, 6) is -0.219. The molecule has 0 amide bonds. The van der Waals surface area contributed by atoms with Gasteiger partial charge in [0.25, 0.3) is 0 Å². The van der Waals surface area contributed by atoms with E-state index in [1.165, 1.54) is 12.1 Å². The molecule has 2 rings (SSSR count). The van der Waals surface area contributed by atoms with Gasteiger partial charge < -0.3 is 4.90 Å². The van der Waals surface area contributed by atoms with E-state index in [4.69, 9.17) is 0 Å². The topological polar surface area (TPSA) is 21.1 Å². The van der Waals surface area contributed by atoms with Crippen molar-refractivity contribution < 1.29 is 4.39 Å². The van der Waals surface area contributed by atoms with Crippen molar-refractivity contribution in [2.75, 3.05) is 11.9 Å². The van der Waals surface area contributed by atoms with Crippen LogP contribution in [0.15, 0.2) is 28.7 Å².